The van der Waals surface area contributed by atoms with Crippen LogP contribution in [0.1, 0.15) is 11.3 Å². The van der Waals surface area contributed by atoms with E-state index in [4.69, 9.17) is 0 Å². The quantitative estimate of drug-likeness (QED) is 0.754. The van der Waals surface area contributed by atoms with Gasteiger partial charge in [0.1, 0.15) is 11.5 Å². The summed E-state index contributed by atoms with van der Waals surface area (Å²) in [5, 5.41) is 9.22. The first kappa shape index (κ1) is 16.1. The summed E-state index contributed by atoms with van der Waals surface area (Å²) >= 11 is 0. The molecule has 0 saturated heterocycles. The minimum absolute atomic E-state index is 0.102. The van der Waals surface area contributed by atoms with Crippen LogP contribution in [-0.4, -0.2) is 38.4 Å². The minimum Gasteiger partial charge on any atom is -0.395 e. The topological polar surface area (TPSA) is 57.8 Å². The summed E-state index contributed by atoms with van der Waals surface area (Å²) in [4.78, 5) is 18.5. The van der Waals surface area contributed by atoms with Crippen molar-refractivity contribution >= 4 is 11.6 Å². The second-order valence-electron chi connectivity index (χ2n) is 5.55. The van der Waals surface area contributed by atoms with Gasteiger partial charge in [0.2, 0.25) is 5.91 Å². The molecule has 3 rings (SSSR count). The average Bonchev–Trinajstić information content (AvgIpc) is 2.96. The zero-order valence-electron chi connectivity index (χ0n) is 13.1. The van der Waals surface area contributed by atoms with Crippen LogP contribution in [-0.2, 0) is 17.8 Å². The zero-order valence-corrected chi connectivity index (χ0v) is 13.1. The molecule has 0 spiro atoms. The summed E-state index contributed by atoms with van der Waals surface area (Å²) < 4.78 is 14.8. The van der Waals surface area contributed by atoms with E-state index in [1.807, 2.05) is 30.3 Å². The van der Waals surface area contributed by atoms with Gasteiger partial charge in [-0.2, -0.15) is 0 Å². The number of halogens is 1. The van der Waals surface area contributed by atoms with Crippen molar-refractivity contribution in [1.82, 2.24) is 14.3 Å². The number of carbonyl (C=O) groups is 1. The molecule has 24 heavy (non-hydrogen) atoms. The fraction of sp³-hybridized carbons (Fsp3) is 0.222. The lowest BCUT2D eigenvalue weighted by atomic mass is 10.2. The van der Waals surface area contributed by atoms with Gasteiger partial charge in [0.15, 0.2) is 0 Å². The van der Waals surface area contributed by atoms with Gasteiger partial charge in [-0.3, -0.25) is 4.79 Å². The molecule has 0 saturated carbocycles. The molecule has 5 nitrogen and oxygen atoms in total. The highest BCUT2D eigenvalue weighted by atomic mass is 19.1. The molecule has 0 fully saturated rings. The zero-order chi connectivity index (χ0) is 16.9. The second kappa shape index (κ2) is 7.23. The molecule has 6 heteroatoms. The smallest absolute Gasteiger partial charge is 0.229 e. The Kier molecular flexibility index (Phi) is 4.86. The highest BCUT2D eigenvalue weighted by molar-refractivity contribution is 5.78. The monoisotopic (exact) mass is 327 g/mol. The van der Waals surface area contributed by atoms with E-state index in [2.05, 4.69) is 4.98 Å². The van der Waals surface area contributed by atoms with Gasteiger partial charge in [0.05, 0.1) is 18.7 Å². The molecule has 3 aromatic rings. The number of rotatable bonds is 6. The average molecular weight is 327 g/mol. The third kappa shape index (κ3) is 3.78. The highest BCUT2D eigenvalue weighted by Gasteiger charge is 2.16. The Morgan fingerprint density at radius 3 is 2.71 bits per heavy atom. The molecule has 0 aliphatic heterocycles. The maximum atomic E-state index is 13.2. The molecular weight excluding hydrogens is 309 g/mol. The Balaban J connectivity index is 1.74. The molecule has 0 aliphatic rings. The number of benzene rings is 1. The largest absolute Gasteiger partial charge is 0.395 e. The number of pyridine rings is 1. The summed E-state index contributed by atoms with van der Waals surface area (Å²) in [5.74, 6) is -0.486. The van der Waals surface area contributed by atoms with Crippen molar-refractivity contribution in [2.75, 3.05) is 13.2 Å². The van der Waals surface area contributed by atoms with E-state index < -0.39 is 0 Å². The number of aliphatic hydroxyl groups is 1. The molecule has 0 bridgehead atoms. The first-order valence-corrected chi connectivity index (χ1v) is 7.71. The Labute approximate surface area is 139 Å². The summed E-state index contributed by atoms with van der Waals surface area (Å²) in [5.41, 5.74) is 2.16. The third-order valence-corrected chi connectivity index (χ3v) is 3.74. The fourth-order valence-electron chi connectivity index (χ4n) is 2.59. The van der Waals surface area contributed by atoms with Crippen molar-refractivity contribution < 1.29 is 14.3 Å². The van der Waals surface area contributed by atoms with Gasteiger partial charge in [-0.05, 0) is 17.7 Å². The standard InChI is InChI=1S/C18H18FN3O2/c19-15-6-7-17-20-16(13-22(17)12-15)10-18(24)21(8-9-23)11-14-4-2-1-3-5-14/h1-7,12-13,23H,8-11H2. The highest BCUT2D eigenvalue weighted by Crippen LogP contribution is 2.10. The maximum Gasteiger partial charge on any atom is 0.229 e. The minimum atomic E-state index is -0.358. The van der Waals surface area contributed by atoms with Crippen LogP contribution in [0.4, 0.5) is 4.39 Å². The first-order valence-electron chi connectivity index (χ1n) is 7.71. The van der Waals surface area contributed by atoms with E-state index in [1.54, 1.807) is 21.6 Å². The van der Waals surface area contributed by atoms with Gasteiger partial charge in [-0.1, -0.05) is 30.3 Å². The lowest BCUT2D eigenvalue weighted by Gasteiger charge is -2.21. The maximum absolute atomic E-state index is 13.2. The van der Waals surface area contributed by atoms with Crippen molar-refractivity contribution in [2.45, 2.75) is 13.0 Å². The SMILES string of the molecule is O=C(Cc1cn2cc(F)ccc2n1)N(CCO)Cc1ccccc1. The fourth-order valence-corrected chi connectivity index (χ4v) is 2.59. The van der Waals surface area contributed by atoms with Crippen LogP contribution in [0.2, 0.25) is 0 Å². The van der Waals surface area contributed by atoms with E-state index in [1.165, 1.54) is 12.3 Å². The van der Waals surface area contributed by atoms with Crippen molar-refractivity contribution in [3.63, 3.8) is 0 Å². The lowest BCUT2D eigenvalue weighted by Crippen LogP contribution is -2.34. The molecule has 1 aromatic carbocycles. The van der Waals surface area contributed by atoms with E-state index in [0.717, 1.165) is 5.56 Å². The molecule has 0 atom stereocenters. The number of fused-ring (bicyclic) bond motifs is 1. The van der Waals surface area contributed by atoms with Gasteiger partial charge in [-0.25, -0.2) is 9.37 Å². The predicted octanol–water partition coefficient (Wildman–Crippen LogP) is 2.04. The lowest BCUT2D eigenvalue weighted by molar-refractivity contribution is -0.131. The second-order valence-corrected chi connectivity index (χ2v) is 5.55. The summed E-state index contributed by atoms with van der Waals surface area (Å²) in [7, 11) is 0. The van der Waals surface area contributed by atoms with Gasteiger partial charge < -0.3 is 14.4 Å². The summed E-state index contributed by atoms with van der Waals surface area (Å²) in [6.07, 6.45) is 3.08. The van der Waals surface area contributed by atoms with Gasteiger partial charge in [0, 0.05) is 25.5 Å². The number of aromatic nitrogens is 2. The number of carbonyl (C=O) groups excluding carboxylic acids is 1. The molecule has 0 aliphatic carbocycles. The van der Waals surface area contributed by atoms with Crippen LogP contribution in [0.15, 0.2) is 54.9 Å². The molecular formula is C18H18FN3O2. The Morgan fingerprint density at radius 2 is 1.96 bits per heavy atom. The van der Waals surface area contributed by atoms with Crippen LogP contribution in [0, 0.1) is 5.82 Å². The molecule has 0 radical (unpaired) electrons. The molecule has 2 aromatic heterocycles. The van der Waals surface area contributed by atoms with E-state index >= 15 is 0 Å². The van der Waals surface area contributed by atoms with Gasteiger partial charge in [-0.15, -0.1) is 0 Å². The number of aliphatic hydroxyl groups excluding tert-OH is 1. The Hall–Kier alpha value is -2.73. The Morgan fingerprint density at radius 1 is 1.17 bits per heavy atom. The van der Waals surface area contributed by atoms with E-state index in [0.29, 0.717) is 17.9 Å². The predicted molar refractivity (Wildman–Crippen MR) is 87.8 cm³/mol. The number of hydrogen-bond acceptors (Lipinski definition) is 3. The van der Waals surface area contributed by atoms with E-state index in [9.17, 15) is 14.3 Å². The van der Waals surface area contributed by atoms with Crippen molar-refractivity contribution in [2.24, 2.45) is 0 Å². The van der Waals surface area contributed by atoms with Gasteiger partial charge >= 0.3 is 0 Å². The van der Waals surface area contributed by atoms with Crippen molar-refractivity contribution in [3.8, 4) is 0 Å². The first-order chi connectivity index (χ1) is 11.7. The molecule has 1 N–H and O–H groups in total. The number of nitrogens with zero attached hydrogens (tertiary/aromatic N) is 3. The normalized spacial score (nSPS) is 10.9. The number of amides is 1. The van der Waals surface area contributed by atoms with Crippen LogP contribution in [0.3, 0.4) is 0 Å². The molecule has 1 amide bonds. The molecule has 2 heterocycles. The van der Waals surface area contributed by atoms with Crippen LogP contribution in [0.5, 0.6) is 0 Å². The number of hydrogen-bond donors (Lipinski definition) is 1. The van der Waals surface area contributed by atoms with Crippen molar-refractivity contribution in [1.29, 1.82) is 0 Å². The van der Waals surface area contributed by atoms with Crippen molar-refractivity contribution in [3.05, 3.63) is 71.9 Å². The number of imidazole rings is 1. The van der Waals surface area contributed by atoms with Crippen LogP contribution in [0.25, 0.3) is 5.65 Å². The molecule has 124 valence electrons. The van der Waals surface area contributed by atoms with E-state index in [-0.39, 0.29) is 31.3 Å². The molecule has 0 unspecified atom stereocenters. The Bertz CT molecular complexity index is 833. The van der Waals surface area contributed by atoms with Crippen LogP contribution < -0.4 is 0 Å². The van der Waals surface area contributed by atoms with Gasteiger partial charge in [0.25, 0.3) is 0 Å². The summed E-state index contributed by atoms with van der Waals surface area (Å²) in [6, 6.07) is 12.5. The van der Waals surface area contributed by atoms with Crippen LogP contribution >= 0.6 is 0 Å². The third-order valence-electron chi connectivity index (χ3n) is 3.74. The summed E-state index contributed by atoms with van der Waals surface area (Å²) in [6.45, 7) is 0.590.